The molecule has 1 N–H and O–H groups in total. The van der Waals surface area contributed by atoms with Gasteiger partial charge in [0.1, 0.15) is 0 Å². The highest BCUT2D eigenvalue weighted by Crippen LogP contribution is 2.08. The first kappa shape index (κ1) is 20.3. The molecule has 5 nitrogen and oxygen atoms in total. The first-order valence-corrected chi connectivity index (χ1v) is 8.04. The van der Waals surface area contributed by atoms with E-state index in [2.05, 4.69) is 11.9 Å². The summed E-state index contributed by atoms with van der Waals surface area (Å²) in [6.45, 7) is 11.5. The minimum absolute atomic E-state index is 0.0508. The Bertz CT molecular complexity index is 403. The second-order valence-corrected chi connectivity index (χ2v) is 5.96. The lowest BCUT2D eigenvalue weighted by Crippen LogP contribution is -2.37. The van der Waals surface area contributed by atoms with E-state index in [9.17, 15) is 14.4 Å². The summed E-state index contributed by atoms with van der Waals surface area (Å²) in [5.74, 6) is -0.282. The van der Waals surface area contributed by atoms with E-state index < -0.39 is 0 Å². The Morgan fingerprint density at radius 2 is 1.73 bits per heavy atom. The minimum atomic E-state index is -0.183. The summed E-state index contributed by atoms with van der Waals surface area (Å²) in [5.41, 5.74) is 0.754. The van der Waals surface area contributed by atoms with Crippen LogP contribution in [0.5, 0.6) is 0 Å². The summed E-state index contributed by atoms with van der Waals surface area (Å²) in [6.07, 6.45) is 3.32. The van der Waals surface area contributed by atoms with Gasteiger partial charge in [0.2, 0.25) is 17.7 Å². The van der Waals surface area contributed by atoms with Gasteiger partial charge in [0.05, 0.1) is 0 Å². The molecule has 3 amide bonds. The lowest BCUT2D eigenvalue weighted by Gasteiger charge is -2.20. The molecule has 0 atom stereocenters. The van der Waals surface area contributed by atoms with Crippen molar-refractivity contribution in [3.05, 3.63) is 12.2 Å². The van der Waals surface area contributed by atoms with Crippen LogP contribution in [0.2, 0.25) is 0 Å². The quantitative estimate of drug-likeness (QED) is 0.498. The number of carbonyl (C=O) groups is 3. The molecule has 0 aromatic rings. The highest BCUT2D eigenvalue weighted by Gasteiger charge is 2.19. The van der Waals surface area contributed by atoms with Gasteiger partial charge in [-0.05, 0) is 33.6 Å². The number of hydrogen-bond acceptors (Lipinski definition) is 3. The molecule has 0 unspecified atom stereocenters. The van der Waals surface area contributed by atoms with Crippen molar-refractivity contribution in [1.82, 2.24) is 10.2 Å². The van der Waals surface area contributed by atoms with E-state index in [1.165, 1.54) is 4.90 Å². The lowest BCUT2D eigenvalue weighted by molar-refractivity contribution is -0.144. The van der Waals surface area contributed by atoms with Crippen LogP contribution in [0.25, 0.3) is 0 Å². The number of amides is 3. The van der Waals surface area contributed by atoms with Crippen molar-refractivity contribution in [2.24, 2.45) is 0 Å². The molecule has 0 aliphatic carbocycles. The average molecular weight is 310 g/mol. The van der Waals surface area contributed by atoms with Crippen LogP contribution in [0.15, 0.2) is 12.2 Å². The Morgan fingerprint density at radius 3 is 2.23 bits per heavy atom. The molecule has 0 rings (SSSR count). The predicted molar refractivity (Wildman–Crippen MR) is 88.2 cm³/mol. The van der Waals surface area contributed by atoms with Gasteiger partial charge in [-0.1, -0.05) is 25.5 Å². The van der Waals surface area contributed by atoms with Crippen LogP contribution in [0, 0.1) is 0 Å². The number of imide groups is 1. The van der Waals surface area contributed by atoms with Crippen molar-refractivity contribution >= 4 is 17.7 Å². The van der Waals surface area contributed by atoms with Crippen LogP contribution in [0.1, 0.15) is 66.2 Å². The monoisotopic (exact) mass is 310 g/mol. The second-order valence-electron chi connectivity index (χ2n) is 5.96. The fraction of sp³-hybridized carbons (Fsp3) is 0.706. The molecule has 0 saturated carbocycles. The van der Waals surface area contributed by atoms with Gasteiger partial charge in [0.15, 0.2) is 0 Å². The van der Waals surface area contributed by atoms with E-state index in [-0.39, 0.29) is 30.2 Å². The Hall–Kier alpha value is -1.65. The Morgan fingerprint density at radius 1 is 1.09 bits per heavy atom. The molecule has 0 fully saturated rings. The van der Waals surface area contributed by atoms with Crippen molar-refractivity contribution < 1.29 is 14.4 Å². The van der Waals surface area contributed by atoms with E-state index >= 15 is 0 Å². The van der Waals surface area contributed by atoms with Crippen LogP contribution in [-0.4, -0.2) is 35.2 Å². The maximum Gasteiger partial charge on any atom is 0.233 e. The maximum atomic E-state index is 12.0. The minimum Gasteiger partial charge on any atom is -0.354 e. The fourth-order valence-electron chi connectivity index (χ4n) is 2.06. The average Bonchev–Trinajstić information content (AvgIpc) is 2.40. The van der Waals surface area contributed by atoms with Gasteiger partial charge >= 0.3 is 0 Å². The van der Waals surface area contributed by atoms with Gasteiger partial charge in [-0.15, -0.1) is 0 Å². The first-order chi connectivity index (χ1) is 10.3. The number of nitrogens with one attached hydrogen (secondary N) is 1. The van der Waals surface area contributed by atoms with Gasteiger partial charge in [0, 0.05) is 31.8 Å². The van der Waals surface area contributed by atoms with Crippen LogP contribution >= 0.6 is 0 Å². The number of carbonyl (C=O) groups excluding carboxylic acids is 3. The second kappa shape index (κ2) is 11.0. The summed E-state index contributed by atoms with van der Waals surface area (Å²) < 4.78 is 0. The first-order valence-electron chi connectivity index (χ1n) is 8.04. The van der Waals surface area contributed by atoms with Crippen molar-refractivity contribution in [1.29, 1.82) is 0 Å². The topological polar surface area (TPSA) is 66.5 Å². The molecule has 0 heterocycles. The van der Waals surface area contributed by atoms with Gasteiger partial charge in [-0.25, -0.2) is 0 Å². The number of nitrogens with zero attached hydrogens (tertiary/aromatic N) is 1. The summed E-state index contributed by atoms with van der Waals surface area (Å²) >= 11 is 0. The molecule has 0 bridgehead atoms. The molecular weight excluding hydrogens is 280 g/mol. The molecule has 126 valence electrons. The number of hydrogen-bond donors (Lipinski definition) is 1. The highest BCUT2D eigenvalue weighted by molar-refractivity contribution is 5.96. The number of rotatable bonds is 10. The Kier molecular flexibility index (Phi) is 10.2. The molecule has 0 spiro atoms. The van der Waals surface area contributed by atoms with E-state index in [1.807, 2.05) is 13.8 Å². The van der Waals surface area contributed by atoms with Gasteiger partial charge in [0.25, 0.3) is 0 Å². The molecule has 22 heavy (non-hydrogen) atoms. The zero-order valence-corrected chi connectivity index (χ0v) is 14.4. The molecule has 0 radical (unpaired) electrons. The standard InChI is InChI=1S/C17H30N2O3/c1-6-16(21)19(17(22)12-13(2)3)11-9-7-8-10-15(20)18-14(4)5/h14H,2,6-12H2,1,3-5H3,(H,18,20). The van der Waals surface area contributed by atoms with Crippen LogP contribution in [-0.2, 0) is 14.4 Å². The third-order valence-electron chi connectivity index (χ3n) is 3.09. The largest absolute Gasteiger partial charge is 0.354 e. The van der Waals surface area contributed by atoms with Crippen molar-refractivity contribution in [3.63, 3.8) is 0 Å². The van der Waals surface area contributed by atoms with E-state index in [1.54, 1.807) is 13.8 Å². The molecule has 0 aliphatic rings. The van der Waals surface area contributed by atoms with E-state index in [0.29, 0.717) is 19.4 Å². The molecular formula is C17H30N2O3. The molecule has 0 aromatic carbocycles. The third-order valence-corrected chi connectivity index (χ3v) is 3.09. The smallest absolute Gasteiger partial charge is 0.233 e. The van der Waals surface area contributed by atoms with Crippen molar-refractivity contribution in [2.75, 3.05) is 6.54 Å². The SMILES string of the molecule is C=C(C)CC(=O)N(CCCCCC(=O)NC(C)C)C(=O)CC. The fourth-order valence-corrected chi connectivity index (χ4v) is 2.06. The highest BCUT2D eigenvalue weighted by atomic mass is 16.2. The Labute approximate surface area is 134 Å². The third kappa shape index (κ3) is 9.32. The van der Waals surface area contributed by atoms with E-state index in [4.69, 9.17) is 0 Å². The molecule has 0 saturated heterocycles. The van der Waals surface area contributed by atoms with Gasteiger partial charge < -0.3 is 5.32 Å². The zero-order chi connectivity index (χ0) is 17.1. The zero-order valence-electron chi connectivity index (χ0n) is 14.4. The molecule has 0 aliphatic heterocycles. The molecule has 0 aromatic heterocycles. The summed E-state index contributed by atoms with van der Waals surface area (Å²) in [5, 5.41) is 2.84. The van der Waals surface area contributed by atoms with Gasteiger partial charge in [-0.3, -0.25) is 19.3 Å². The summed E-state index contributed by atoms with van der Waals surface area (Å²) in [7, 11) is 0. The maximum absolute atomic E-state index is 12.0. The van der Waals surface area contributed by atoms with Crippen molar-refractivity contribution in [3.8, 4) is 0 Å². The van der Waals surface area contributed by atoms with Crippen LogP contribution in [0.4, 0.5) is 0 Å². The Balaban J connectivity index is 4.14. The normalized spacial score (nSPS) is 10.4. The lowest BCUT2D eigenvalue weighted by atomic mass is 10.1. The summed E-state index contributed by atoms with van der Waals surface area (Å²) in [6, 6.07) is 0.157. The van der Waals surface area contributed by atoms with E-state index in [0.717, 1.165) is 24.8 Å². The molecule has 5 heteroatoms. The van der Waals surface area contributed by atoms with Crippen LogP contribution < -0.4 is 5.32 Å². The van der Waals surface area contributed by atoms with Crippen LogP contribution in [0.3, 0.4) is 0 Å². The predicted octanol–water partition coefficient (Wildman–Crippen LogP) is 2.80. The summed E-state index contributed by atoms with van der Waals surface area (Å²) in [4.78, 5) is 36.7. The van der Waals surface area contributed by atoms with Gasteiger partial charge in [-0.2, -0.15) is 0 Å². The number of unbranched alkanes of at least 4 members (excludes halogenated alkanes) is 2. The van der Waals surface area contributed by atoms with Crippen molar-refractivity contribution in [2.45, 2.75) is 72.3 Å².